The molecule has 0 fully saturated rings. The summed E-state index contributed by atoms with van der Waals surface area (Å²) in [6, 6.07) is 4.01. The number of carbonyl (C=O) groups is 3. The van der Waals surface area contributed by atoms with Gasteiger partial charge in [-0.3, -0.25) is 14.4 Å². The highest BCUT2D eigenvalue weighted by atomic mass is 32.1. The molecule has 9 heteroatoms. The first kappa shape index (κ1) is 18.8. The lowest BCUT2D eigenvalue weighted by Crippen LogP contribution is -2.42. The Labute approximate surface area is 149 Å². The standard InChI is InChI=1S/C16H21N5O3S/c1-9-4-11-12(5-10(9)2)25-16(19-11)20-14(23)8-21(3)15(24)7-18-13(22)6-17/h4-5H,6-8,17H2,1-3H3,(H,18,22)(H,19,20,23). The van der Waals surface area contributed by atoms with E-state index >= 15 is 0 Å². The van der Waals surface area contributed by atoms with Crippen LogP contribution in [0.1, 0.15) is 11.1 Å². The van der Waals surface area contributed by atoms with Crippen LogP contribution in [-0.2, 0) is 14.4 Å². The van der Waals surface area contributed by atoms with Gasteiger partial charge in [-0.1, -0.05) is 11.3 Å². The SMILES string of the molecule is Cc1cc2nc(NC(=O)CN(C)C(=O)CNC(=O)CN)sc2cc1C. The smallest absolute Gasteiger partial charge is 0.245 e. The molecule has 0 saturated heterocycles. The third kappa shape index (κ3) is 4.97. The van der Waals surface area contributed by atoms with Gasteiger partial charge in [-0.2, -0.15) is 0 Å². The minimum atomic E-state index is -0.425. The van der Waals surface area contributed by atoms with Gasteiger partial charge in [-0.15, -0.1) is 0 Å². The predicted molar refractivity (Wildman–Crippen MR) is 97.4 cm³/mol. The van der Waals surface area contributed by atoms with Crippen molar-refractivity contribution in [3.63, 3.8) is 0 Å². The third-order valence-electron chi connectivity index (χ3n) is 3.68. The number of benzene rings is 1. The molecule has 2 aromatic rings. The Bertz CT molecular complexity index is 778. The number of nitrogens with zero attached hydrogens (tertiary/aromatic N) is 2. The summed E-state index contributed by atoms with van der Waals surface area (Å²) in [6.45, 7) is 3.52. The Morgan fingerprint density at radius 1 is 1.20 bits per heavy atom. The molecule has 1 aromatic heterocycles. The summed E-state index contributed by atoms with van der Waals surface area (Å²) in [5, 5.41) is 5.55. The molecule has 134 valence electrons. The van der Waals surface area contributed by atoms with E-state index in [1.807, 2.05) is 26.0 Å². The fraction of sp³-hybridized carbons (Fsp3) is 0.375. The van der Waals surface area contributed by atoms with Gasteiger partial charge in [0, 0.05) is 7.05 Å². The quantitative estimate of drug-likeness (QED) is 0.686. The number of thiazole rings is 1. The molecule has 0 unspecified atom stereocenters. The summed E-state index contributed by atoms with van der Waals surface area (Å²) in [7, 11) is 1.49. The molecule has 0 bridgehead atoms. The third-order valence-corrected chi connectivity index (χ3v) is 4.61. The second-order valence-electron chi connectivity index (χ2n) is 5.70. The van der Waals surface area contributed by atoms with Crippen molar-refractivity contribution in [1.82, 2.24) is 15.2 Å². The van der Waals surface area contributed by atoms with E-state index in [0.29, 0.717) is 5.13 Å². The molecular weight excluding hydrogens is 342 g/mol. The van der Waals surface area contributed by atoms with Crippen molar-refractivity contribution < 1.29 is 14.4 Å². The van der Waals surface area contributed by atoms with Crippen LogP contribution in [0.3, 0.4) is 0 Å². The minimum Gasteiger partial charge on any atom is -0.346 e. The van der Waals surface area contributed by atoms with Gasteiger partial charge >= 0.3 is 0 Å². The molecule has 1 aromatic carbocycles. The highest BCUT2D eigenvalue weighted by molar-refractivity contribution is 7.22. The summed E-state index contributed by atoms with van der Waals surface area (Å²) < 4.78 is 0.993. The Balaban J connectivity index is 1.93. The average molecular weight is 363 g/mol. The second kappa shape index (κ2) is 8.04. The van der Waals surface area contributed by atoms with Crippen LogP contribution >= 0.6 is 11.3 Å². The fourth-order valence-corrected chi connectivity index (χ4v) is 3.04. The molecule has 1 heterocycles. The number of carbonyl (C=O) groups excluding carboxylic acids is 3. The molecule has 0 radical (unpaired) electrons. The van der Waals surface area contributed by atoms with E-state index in [2.05, 4.69) is 15.6 Å². The molecule has 2 rings (SSSR count). The molecule has 0 aliphatic rings. The van der Waals surface area contributed by atoms with Gasteiger partial charge in [0.05, 0.1) is 29.9 Å². The highest BCUT2D eigenvalue weighted by Gasteiger charge is 2.15. The van der Waals surface area contributed by atoms with Crippen LogP contribution in [0.25, 0.3) is 10.2 Å². The van der Waals surface area contributed by atoms with Gasteiger partial charge in [0.1, 0.15) is 0 Å². The van der Waals surface area contributed by atoms with Crippen molar-refractivity contribution in [2.45, 2.75) is 13.8 Å². The lowest BCUT2D eigenvalue weighted by Gasteiger charge is -2.16. The molecule has 0 atom stereocenters. The summed E-state index contributed by atoms with van der Waals surface area (Å²) in [4.78, 5) is 40.6. The molecule has 0 aliphatic carbocycles. The van der Waals surface area contributed by atoms with Crippen molar-refractivity contribution >= 4 is 44.4 Å². The largest absolute Gasteiger partial charge is 0.346 e. The van der Waals surface area contributed by atoms with E-state index in [9.17, 15) is 14.4 Å². The van der Waals surface area contributed by atoms with Crippen molar-refractivity contribution in [1.29, 1.82) is 0 Å². The number of rotatable bonds is 6. The number of hydrogen-bond acceptors (Lipinski definition) is 6. The zero-order chi connectivity index (χ0) is 18.6. The zero-order valence-electron chi connectivity index (χ0n) is 14.4. The first-order chi connectivity index (χ1) is 11.8. The summed E-state index contributed by atoms with van der Waals surface area (Å²) in [6.07, 6.45) is 0. The number of hydrogen-bond donors (Lipinski definition) is 3. The van der Waals surface area contributed by atoms with Crippen LogP contribution in [0.4, 0.5) is 5.13 Å². The van der Waals surface area contributed by atoms with Crippen LogP contribution in [0.2, 0.25) is 0 Å². The Hall–Kier alpha value is -2.52. The molecule has 8 nitrogen and oxygen atoms in total. The van der Waals surface area contributed by atoms with E-state index < -0.39 is 5.91 Å². The summed E-state index contributed by atoms with van der Waals surface area (Å²) in [5.41, 5.74) is 8.28. The number of anilines is 1. The van der Waals surface area contributed by atoms with E-state index in [0.717, 1.165) is 15.8 Å². The number of aryl methyl sites for hydroxylation is 2. The predicted octanol–water partition coefficient (Wildman–Crippen LogP) is 0.385. The molecule has 0 saturated carbocycles. The number of amides is 3. The monoisotopic (exact) mass is 363 g/mol. The number of likely N-dealkylation sites (N-methyl/N-ethyl adjacent to an activating group) is 1. The fourth-order valence-electron chi connectivity index (χ4n) is 2.08. The normalized spacial score (nSPS) is 10.6. The number of fused-ring (bicyclic) bond motifs is 1. The topological polar surface area (TPSA) is 117 Å². The van der Waals surface area contributed by atoms with Gasteiger partial charge < -0.3 is 21.3 Å². The summed E-state index contributed by atoms with van der Waals surface area (Å²) >= 11 is 1.38. The Morgan fingerprint density at radius 3 is 2.56 bits per heavy atom. The molecule has 0 aliphatic heterocycles. The van der Waals surface area contributed by atoms with E-state index in [-0.39, 0.29) is 31.4 Å². The number of nitrogens with one attached hydrogen (secondary N) is 2. The number of aromatic nitrogens is 1. The second-order valence-corrected chi connectivity index (χ2v) is 6.73. The summed E-state index contributed by atoms with van der Waals surface area (Å²) in [5.74, 6) is -1.16. The van der Waals surface area contributed by atoms with Crippen LogP contribution in [0, 0.1) is 13.8 Å². The maximum absolute atomic E-state index is 12.1. The Kier molecular flexibility index (Phi) is 6.05. The first-order valence-electron chi connectivity index (χ1n) is 7.68. The molecule has 3 amide bonds. The van der Waals surface area contributed by atoms with Gasteiger partial charge in [-0.05, 0) is 37.1 Å². The van der Waals surface area contributed by atoms with E-state index in [1.54, 1.807) is 0 Å². The molecular formula is C16H21N5O3S. The minimum absolute atomic E-state index is 0.134. The van der Waals surface area contributed by atoms with Crippen molar-refractivity contribution in [3.05, 3.63) is 23.3 Å². The zero-order valence-corrected chi connectivity index (χ0v) is 15.2. The van der Waals surface area contributed by atoms with Crippen molar-refractivity contribution in [2.24, 2.45) is 5.73 Å². The van der Waals surface area contributed by atoms with Gasteiger partial charge in [-0.25, -0.2) is 4.98 Å². The van der Waals surface area contributed by atoms with Crippen LogP contribution in [0.15, 0.2) is 12.1 Å². The van der Waals surface area contributed by atoms with Gasteiger partial charge in [0.25, 0.3) is 0 Å². The lowest BCUT2D eigenvalue weighted by atomic mass is 10.1. The molecule has 0 spiro atoms. The van der Waals surface area contributed by atoms with Gasteiger partial charge in [0.15, 0.2) is 5.13 Å². The average Bonchev–Trinajstić information content (AvgIpc) is 2.93. The van der Waals surface area contributed by atoms with Crippen LogP contribution in [-0.4, -0.2) is 54.3 Å². The molecule has 25 heavy (non-hydrogen) atoms. The lowest BCUT2D eigenvalue weighted by molar-refractivity contribution is -0.134. The maximum Gasteiger partial charge on any atom is 0.245 e. The highest BCUT2D eigenvalue weighted by Crippen LogP contribution is 2.28. The molecule has 4 N–H and O–H groups in total. The van der Waals surface area contributed by atoms with E-state index in [4.69, 9.17) is 5.73 Å². The first-order valence-corrected chi connectivity index (χ1v) is 8.50. The Morgan fingerprint density at radius 2 is 1.88 bits per heavy atom. The maximum atomic E-state index is 12.1. The van der Waals surface area contributed by atoms with Gasteiger partial charge in [0.2, 0.25) is 17.7 Å². The van der Waals surface area contributed by atoms with Crippen LogP contribution < -0.4 is 16.4 Å². The van der Waals surface area contributed by atoms with Crippen molar-refractivity contribution in [2.75, 3.05) is 32.0 Å². The van der Waals surface area contributed by atoms with E-state index in [1.165, 1.54) is 28.8 Å². The van der Waals surface area contributed by atoms with Crippen LogP contribution in [0.5, 0.6) is 0 Å². The van der Waals surface area contributed by atoms with Crippen molar-refractivity contribution in [3.8, 4) is 0 Å². The number of nitrogens with two attached hydrogens (primary N) is 1.